The number of piperidine rings is 1. The molecule has 29 heavy (non-hydrogen) atoms. The largest absolute Gasteiger partial charge is 0.334 e. The van der Waals surface area contributed by atoms with Crippen LogP contribution in [0, 0.1) is 11.7 Å². The Kier molecular flexibility index (Phi) is 4.78. The minimum Gasteiger partial charge on any atom is -0.334 e. The van der Waals surface area contributed by atoms with Gasteiger partial charge in [-0.15, -0.1) is 0 Å². The first-order chi connectivity index (χ1) is 14.2. The zero-order valence-electron chi connectivity index (χ0n) is 16.7. The van der Waals surface area contributed by atoms with Crippen molar-refractivity contribution in [3.05, 3.63) is 65.5 Å². The predicted molar refractivity (Wildman–Crippen MR) is 112 cm³/mol. The summed E-state index contributed by atoms with van der Waals surface area (Å²) in [6.07, 6.45) is 5.39. The number of carbonyl (C=O) groups excluding carboxylic acids is 1. The van der Waals surface area contributed by atoms with Crippen LogP contribution in [0.2, 0.25) is 0 Å². The summed E-state index contributed by atoms with van der Waals surface area (Å²) >= 11 is 0. The van der Waals surface area contributed by atoms with Crippen LogP contribution in [0.1, 0.15) is 43.2 Å². The summed E-state index contributed by atoms with van der Waals surface area (Å²) < 4.78 is 14.3. The molecule has 3 aliphatic rings. The quantitative estimate of drug-likeness (QED) is 0.811. The standard InChI is InChI=1S/C24H28FN3O/c25-19-8-9-21-20(15-19)24(10-12-26-13-11-24)22(14-17-6-7-17)28(21)23(29)27-16-18-4-2-1-3-5-18/h1-5,8-9,15,17,22,26H,6-7,10-14,16H2,(H,27,29)/t22-/m1/s1. The number of anilines is 1. The topological polar surface area (TPSA) is 44.4 Å². The fourth-order valence-electron chi connectivity index (χ4n) is 5.30. The highest BCUT2D eigenvalue weighted by Gasteiger charge is 2.54. The molecule has 0 radical (unpaired) electrons. The molecule has 5 heteroatoms. The number of hydrogen-bond acceptors (Lipinski definition) is 2. The van der Waals surface area contributed by atoms with Gasteiger partial charge in [-0.1, -0.05) is 43.2 Å². The van der Waals surface area contributed by atoms with E-state index in [1.54, 1.807) is 6.07 Å². The number of fused-ring (bicyclic) bond motifs is 2. The van der Waals surface area contributed by atoms with Crippen LogP contribution in [0.3, 0.4) is 0 Å². The molecule has 4 nitrogen and oxygen atoms in total. The number of urea groups is 1. The Bertz CT molecular complexity index is 890. The lowest BCUT2D eigenvalue weighted by atomic mass is 9.68. The van der Waals surface area contributed by atoms with Crippen LogP contribution in [0.15, 0.2) is 48.5 Å². The number of benzene rings is 2. The maximum atomic E-state index is 14.3. The third kappa shape index (κ3) is 3.42. The molecular weight excluding hydrogens is 365 g/mol. The minimum atomic E-state index is -0.210. The lowest BCUT2D eigenvalue weighted by molar-refractivity contribution is 0.224. The molecule has 2 aliphatic heterocycles. The van der Waals surface area contributed by atoms with Crippen LogP contribution >= 0.6 is 0 Å². The van der Waals surface area contributed by atoms with E-state index in [0.717, 1.165) is 49.2 Å². The number of nitrogens with one attached hydrogen (secondary N) is 2. The monoisotopic (exact) mass is 393 g/mol. The molecule has 152 valence electrons. The van der Waals surface area contributed by atoms with Crippen molar-refractivity contribution in [1.29, 1.82) is 0 Å². The van der Waals surface area contributed by atoms with Gasteiger partial charge in [-0.05, 0) is 67.6 Å². The lowest BCUT2D eigenvalue weighted by Crippen LogP contribution is -2.54. The van der Waals surface area contributed by atoms with Crippen molar-refractivity contribution >= 4 is 11.7 Å². The Labute approximate surface area is 171 Å². The zero-order valence-corrected chi connectivity index (χ0v) is 16.7. The van der Waals surface area contributed by atoms with Gasteiger partial charge in [0.2, 0.25) is 0 Å². The van der Waals surface area contributed by atoms with Crippen molar-refractivity contribution < 1.29 is 9.18 Å². The van der Waals surface area contributed by atoms with Crippen LogP contribution in [-0.4, -0.2) is 25.2 Å². The fourth-order valence-corrected chi connectivity index (χ4v) is 5.30. The van der Waals surface area contributed by atoms with E-state index in [4.69, 9.17) is 0 Å². The smallest absolute Gasteiger partial charge is 0.322 e. The van der Waals surface area contributed by atoms with Crippen LogP contribution in [-0.2, 0) is 12.0 Å². The van der Waals surface area contributed by atoms with Crippen molar-refractivity contribution in [2.45, 2.75) is 50.1 Å². The number of hydrogen-bond donors (Lipinski definition) is 2. The predicted octanol–water partition coefficient (Wildman–Crippen LogP) is 4.35. The highest BCUT2D eigenvalue weighted by molar-refractivity contribution is 5.96. The van der Waals surface area contributed by atoms with Gasteiger partial charge in [0.1, 0.15) is 5.82 Å². The summed E-state index contributed by atoms with van der Waals surface area (Å²) in [6, 6.07) is 15.0. The fraction of sp³-hybridized carbons (Fsp3) is 0.458. The summed E-state index contributed by atoms with van der Waals surface area (Å²) in [5.74, 6) is 0.480. The molecule has 2 N–H and O–H groups in total. The van der Waals surface area contributed by atoms with E-state index >= 15 is 0 Å². The number of rotatable bonds is 4. The van der Waals surface area contributed by atoms with Crippen molar-refractivity contribution in [3.63, 3.8) is 0 Å². The second-order valence-electron chi connectivity index (χ2n) is 8.78. The van der Waals surface area contributed by atoms with Crippen molar-refractivity contribution in [2.24, 2.45) is 5.92 Å². The van der Waals surface area contributed by atoms with Gasteiger partial charge in [-0.3, -0.25) is 4.90 Å². The van der Waals surface area contributed by atoms with E-state index in [2.05, 4.69) is 10.6 Å². The van der Waals surface area contributed by atoms with Gasteiger partial charge in [0.25, 0.3) is 0 Å². The van der Waals surface area contributed by atoms with Crippen molar-refractivity contribution in [2.75, 3.05) is 18.0 Å². The molecule has 2 aromatic rings. The molecule has 2 heterocycles. The number of carbonyl (C=O) groups is 1. The minimum absolute atomic E-state index is 0.0669. The second kappa shape index (κ2) is 7.45. The Hall–Kier alpha value is -2.40. The van der Waals surface area contributed by atoms with E-state index < -0.39 is 0 Å². The SMILES string of the molecule is O=C(NCc1ccccc1)N1c2ccc(F)cc2C2(CCNCC2)[C@H]1CC1CC1. The van der Waals surface area contributed by atoms with Gasteiger partial charge < -0.3 is 10.6 Å². The van der Waals surface area contributed by atoms with Gasteiger partial charge in [-0.25, -0.2) is 9.18 Å². The molecule has 2 amide bonds. The molecular formula is C24H28FN3O. The molecule has 1 aliphatic carbocycles. The first-order valence-corrected chi connectivity index (χ1v) is 10.8. The van der Waals surface area contributed by atoms with E-state index in [1.807, 2.05) is 41.3 Å². The molecule has 2 aromatic carbocycles. The normalized spacial score (nSPS) is 22.5. The molecule has 1 saturated carbocycles. The van der Waals surface area contributed by atoms with Crippen LogP contribution in [0.4, 0.5) is 14.9 Å². The summed E-state index contributed by atoms with van der Waals surface area (Å²) in [6.45, 7) is 2.32. The maximum absolute atomic E-state index is 14.3. The Morgan fingerprint density at radius 1 is 1.14 bits per heavy atom. The first kappa shape index (κ1) is 18.6. The Morgan fingerprint density at radius 3 is 2.62 bits per heavy atom. The first-order valence-electron chi connectivity index (χ1n) is 10.8. The lowest BCUT2D eigenvalue weighted by Gasteiger charge is -2.42. The molecule has 0 unspecified atom stereocenters. The van der Waals surface area contributed by atoms with Gasteiger partial charge in [-0.2, -0.15) is 0 Å². The highest BCUT2D eigenvalue weighted by Crippen LogP contribution is 2.54. The van der Waals surface area contributed by atoms with Crippen LogP contribution in [0.25, 0.3) is 0 Å². The second-order valence-corrected chi connectivity index (χ2v) is 8.78. The average molecular weight is 394 g/mol. The zero-order chi connectivity index (χ0) is 19.8. The van der Waals surface area contributed by atoms with E-state index in [1.165, 1.54) is 18.9 Å². The number of halogens is 1. The maximum Gasteiger partial charge on any atom is 0.322 e. The molecule has 0 aromatic heterocycles. The Balaban J connectivity index is 1.49. The average Bonchev–Trinajstić information content (AvgIpc) is 3.54. The summed E-state index contributed by atoms with van der Waals surface area (Å²) in [7, 11) is 0. The van der Waals surface area contributed by atoms with E-state index in [-0.39, 0.29) is 23.3 Å². The molecule has 0 bridgehead atoms. The van der Waals surface area contributed by atoms with E-state index in [9.17, 15) is 9.18 Å². The Morgan fingerprint density at radius 2 is 1.90 bits per heavy atom. The number of nitrogens with zero attached hydrogens (tertiary/aromatic N) is 1. The van der Waals surface area contributed by atoms with Crippen LogP contribution in [0.5, 0.6) is 0 Å². The number of amides is 2. The van der Waals surface area contributed by atoms with Gasteiger partial charge >= 0.3 is 6.03 Å². The molecule has 5 rings (SSSR count). The van der Waals surface area contributed by atoms with E-state index in [0.29, 0.717) is 12.5 Å². The van der Waals surface area contributed by atoms with Crippen molar-refractivity contribution in [3.8, 4) is 0 Å². The summed E-state index contributed by atoms with van der Waals surface area (Å²) in [5, 5.41) is 6.57. The highest BCUT2D eigenvalue weighted by atomic mass is 19.1. The van der Waals surface area contributed by atoms with Gasteiger partial charge in [0.15, 0.2) is 0 Å². The van der Waals surface area contributed by atoms with Gasteiger partial charge in [0.05, 0.1) is 0 Å². The third-order valence-electron chi connectivity index (χ3n) is 6.96. The molecule has 1 saturated heterocycles. The molecule has 1 spiro atoms. The summed E-state index contributed by atoms with van der Waals surface area (Å²) in [5.41, 5.74) is 2.86. The molecule has 1 atom stereocenters. The van der Waals surface area contributed by atoms with Crippen LogP contribution < -0.4 is 15.5 Å². The molecule has 2 fully saturated rings. The van der Waals surface area contributed by atoms with Crippen molar-refractivity contribution in [1.82, 2.24) is 10.6 Å². The third-order valence-corrected chi connectivity index (χ3v) is 6.96. The van der Waals surface area contributed by atoms with Gasteiger partial charge in [0, 0.05) is 23.7 Å². The summed E-state index contributed by atoms with van der Waals surface area (Å²) in [4.78, 5) is 15.4.